The summed E-state index contributed by atoms with van der Waals surface area (Å²) in [5, 5.41) is 6.76. The molecule has 2 rings (SSSR count). The van der Waals surface area contributed by atoms with Crippen LogP contribution in [-0.2, 0) is 9.47 Å². The molecule has 0 aromatic carbocycles. The van der Waals surface area contributed by atoms with Gasteiger partial charge in [0, 0.05) is 53.0 Å². The van der Waals surface area contributed by atoms with Crippen LogP contribution in [0.25, 0.3) is 0 Å². The van der Waals surface area contributed by atoms with Crippen molar-refractivity contribution in [3.8, 4) is 0 Å². The first-order valence-electron chi connectivity index (χ1n) is 9.82. The maximum atomic E-state index is 5.68. The molecule has 2 N–H and O–H groups in total. The van der Waals surface area contributed by atoms with Gasteiger partial charge in [0.05, 0.1) is 12.7 Å². The minimum Gasteiger partial charge on any atom is -0.379 e. The first-order chi connectivity index (χ1) is 12.3. The molecule has 7 heteroatoms. The zero-order chi connectivity index (χ0) is 17.7. The number of nitrogens with zero attached hydrogens (tertiary/aromatic N) is 3. The van der Waals surface area contributed by atoms with Crippen molar-refractivity contribution in [2.75, 3.05) is 79.7 Å². The van der Waals surface area contributed by atoms with E-state index in [1.807, 2.05) is 7.05 Å². The van der Waals surface area contributed by atoms with Gasteiger partial charge in [0.15, 0.2) is 5.96 Å². The highest BCUT2D eigenvalue weighted by atomic mass is 16.5. The predicted molar refractivity (Wildman–Crippen MR) is 102 cm³/mol. The molecule has 0 aromatic heterocycles. The van der Waals surface area contributed by atoms with Crippen LogP contribution < -0.4 is 10.6 Å². The Kier molecular flexibility index (Phi) is 10.2. The average molecular weight is 356 g/mol. The van der Waals surface area contributed by atoms with Crippen molar-refractivity contribution >= 4 is 5.96 Å². The van der Waals surface area contributed by atoms with Crippen molar-refractivity contribution in [3.05, 3.63) is 0 Å². The van der Waals surface area contributed by atoms with Gasteiger partial charge in [-0.05, 0) is 45.8 Å². The molecule has 0 amide bonds. The Balaban J connectivity index is 1.46. The summed E-state index contributed by atoms with van der Waals surface area (Å²) in [5.74, 6) is 0.881. The molecule has 0 saturated carbocycles. The molecule has 0 bridgehead atoms. The van der Waals surface area contributed by atoms with E-state index in [1.165, 1.54) is 32.5 Å². The number of aliphatic imine (C=N–C) groups is 1. The summed E-state index contributed by atoms with van der Waals surface area (Å²) >= 11 is 0. The van der Waals surface area contributed by atoms with Gasteiger partial charge in [-0.1, -0.05) is 0 Å². The lowest BCUT2D eigenvalue weighted by atomic mass is 10.2. The number of nitrogens with one attached hydrogen (secondary N) is 2. The monoisotopic (exact) mass is 355 g/mol. The molecule has 2 heterocycles. The second-order valence-corrected chi connectivity index (χ2v) is 6.99. The standard InChI is InChI=1S/C18H37N5O2/c1-19-18(20-7-4-14-24-16-17-6-3-15-25-17)21-8-11-23-10-5-9-22(2)12-13-23/h17H,3-16H2,1-2H3,(H2,19,20,21). The maximum absolute atomic E-state index is 5.68. The normalized spacial score (nSPS) is 23.6. The number of rotatable bonds is 9. The molecule has 1 atom stereocenters. The van der Waals surface area contributed by atoms with Crippen molar-refractivity contribution in [1.82, 2.24) is 20.4 Å². The van der Waals surface area contributed by atoms with E-state index in [0.717, 1.165) is 64.8 Å². The smallest absolute Gasteiger partial charge is 0.191 e. The van der Waals surface area contributed by atoms with Gasteiger partial charge in [0.2, 0.25) is 0 Å². The van der Waals surface area contributed by atoms with Gasteiger partial charge >= 0.3 is 0 Å². The van der Waals surface area contributed by atoms with Crippen LogP contribution in [0.3, 0.4) is 0 Å². The summed E-state index contributed by atoms with van der Waals surface area (Å²) in [6.45, 7) is 10.00. The first kappa shape index (κ1) is 20.4. The molecular formula is C18H37N5O2. The van der Waals surface area contributed by atoms with Gasteiger partial charge < -0.3 is 29.9 Å². The Labute approximate surface area is 153 Å². The van der Waals surface area contributed by atoms with Crippen LogP contribution in [0.2, 0.25) is 0 Å². The van der Waals surface area contributed by atoms with Crippen LogP contribution in [0.4, 0.5) is 0 Å². The first-order valence-corrected chi connectivity index (χ1v) is 9.82. The summed E-state index contributed by atoms with van der Waals surface area (Å²) in [6, 6.07) is 0. The number of ether oxygens (including phenoxy) is 2. The van der Waals surface area contributed by atoms with Gasteiger partial charge in [0.1, 0.15) is 0 Å². The van der Waals surface area contributed by atoms with E-state index in [9.17, 15) is 0 Å². The Morgan fingerprint density at radius 3 is 2.84 bits per heavy atom. The third kappa shape index (κ3) is 8.85. The van der Waals surface area contributed by atoms with E-state index in [2.05, 4.69) is 32.5 Å². The lowest BCUT2D eigenvalue weighted by Crippen LogP contribution is -2.42. The molecule has 25 heavy (non-hydrogen) atoms. The molecule has 0 aromatic rings. The van der Waals surface area contributed by atoms with Crippen molar-refractivity contribution in [2.24, 2.45) is 4.99 Å². The minimum absolute atomic E-state index is 0.321. The molecule has 0 spiro atoms. The number of likely N-dealkylation sites (N-methyl/N-ethyl adjacent to an activating group) is 1. The van der Waals surface area contributed by atoms with Crippen LogP contribution in [0, 0.1) is 0 Å². The van der Waals surface area contributed by atoms with Crippen LogP contribution >= 0.6 is 0 Å². The number of hydrogen-bond donors (Lipinski definition) is 2. The third-order valence-corrected chi connectivity index (χ3v) is 4.84. The van der Waals surface area contributed by atoms with Gasteiger partial charge in [-0.2, -0.15) is 0 Å². The van der Waals surface area contributed by atoms with Gasteiger partial charge in [0.25, 0.3) is 0 Å². The molecule has 2 saturated heterocycles. The van der Waals surface area contributed by atoms with E-state index in [4.69, 9.17) is 9.47 Å². The van der Waals surface area contributed by atoms with Gasteiger partial charge in [-0.15, -0.1) is 0 Å². The van der Waals surface area contributed by atoms with Gasteiger partial charge in [-0.25, -0.2) is 0 Å². The van der Waals surface area contributed by atoms with E-state index < -0.39 is 0 Å². The van der Waals surface area contributed by atoms with E-state index in [1.54, 1.807) is 0 Å². The average Bonchev–Trinajstić information content (AvgIpc) is 3.05. The second-order valence-electron chi connectivity index (χ2n) is 6.99. The predicted octanol–water partition coefficient (Wildman–Crippen LogP) is 0.375. The van der Waals surface area contributed by atoms with Crippen molar-refractivity contribution < 1.29 is 9.47 Å². The summed E-state index contributed by atoms with van der Waals surface area (Å²) < 4.78 is 11.2. The Bertz CT molecular complexity index is 374. The summed E-state index contributed by atoms with van der Waals surface area (Å²) in [4.78, 5) is 9.23. The lowest BCUT2D eigenvalue weighted by Gasteiger charge is -2.21. The molecule has 7 nitrogen and oxygen atoms in total. The molecule has 1 unspecified atom stereocenters. The summed E-state index contributed by atoms with van der Waals surface area (Å²) in [6.07, 6.45) is 4.87. The van der Waals surface area contributed by atoms with Crippen LogP contribution in [0.15, 0.2) is 4.99 Å². The molecule has 2 fully saturated rings. The van der Waals surface area contributed by atoms with E-state index in [-0.39, 0.29) is 0 Å². The molecule has 0 aliphatic carbocycles. The van der Waals surface area contributed by atoms with Crippen LogP contribution in [-0.4, -0.2) is 102 Å². The molecule has 2 aliphatic rings. The SMILES string of the molecule is CN=C(NCCCOCC1CCCO1)NCCN1CCCN(C)CC1. The highest BCUT2D eigenvalue weighted by Crippen LogP contribution is 2.11. The largest absolute Gasteiger partial charge is 0.379 e. The van der Waals surface area contributed by atoms with E-state index in [0.29, 0.717) is 6.10 Å². The number of guanidine groups is 1. The highest BCUT2D eigenvalue weighted by molar-refractivity contribution is 5.79. The van der Waals surface area contributed by atoms with Gasteiger partial charge in [-0.3, -0.25) is 4.99 Å². The number of hydrogen-bond acceptors (Lipinski definition) is 5. The van der Waals surface area contributed by atoms with Crippen molar-refractivity contribution in [1.29, 1.82) is 0 Å². The Hall–Kier alpha value is -0.890. The molecule has 0 radical (unpaired) electrons. The fourth-order valence-electron chi connectivity index (χ4n) is 3.25. The van der Waals surface area contributed by atoms with E-state index >= 15 is 0 Å². The van der Waals surface area contributed by atoms with Crippen molar-refractivity contribution in [2.45, 2.75) is 31.8 Å². The topological polar surface area (TPSA) is 61.4 Å². The summed E-state index contributed by atoms with van der Waals surface area (Å²) in [7, 11) is 4.03. The summed E-state index contributed by atoms with van der Waals surface area (Å²) in [5.41, 5.74) is 0. The zero-order valence-corrected chi connectivity index (χ0v) is 16.1. The highest BCUT2D eigenvalue weighted by Gasteiger charge is 2.15. The fourth-order valence-corrected chi connectivity index (χ4v) is 3.25. The Morgan fingerprint density at radius 1 is 1.16 bits per heavy atom. The molecule has 146 valence electrons. The molecule has 2 aliphatic heterocycles. The van der Waals surface area contributed by atoms with Crippen LogP contribution in [0.5, 0.6) is 0 Å². The lowest BCUT2D eigenvalue weighted by molar-refractivity contribution is 0.0168. The maximum Gasteiger partial charge on any atom is 0.191 e. The third-order valence-electron chi connectivity index (χ3n) is 4.84. The quantitative estimate of drug-likeness (QED) is 0.354. The Morgan fingerprint density at radius 2 is 2.04 bits per heavy atom. The van der Waals surface area contributed by atoms with Crippen molar-refractivity contribution in [3.63, 3.8) is 0 Å². The second kappa shape index (κ2) is 12.5. The minimum atomic E-state index is 0.321. The molecular weight excluding hydrogens is 318 g/mol. The van der Waals surface area contributed by atoms with Crippen LogP contribution in [0.1, 0.15) is 25.7 Å². The zero-order valence-electron chi connectivity index (χ0n) is 16.1. The fraction of sp³-hybridized carbons (Fsp3) is 0.944.